The van der Waals surface area contributed by atoms with Crippen LogP contribution in [0.15, 0.2) is 42.5 Å². The Morgan fingerprint density at radius 1 is 1.11 bits per heavy atom. The second-order valence-corrected chi connectivity index (χ2v) is 9.92. The van der Waals surface area contributed by atoms with Crippen molar-refractivity contribution < 1.29 is 36.6 Å². The van der Waals surface area contributed by atoms with Crippen molar-refractivity contribution >= 4 is 5.91 Å². The molecule has 0 unspecified atom stereocenters. The van der Waals surface area contributed by atoms with Gasteiger partial charge < -0.3 is 19.5 Å². The minimum absolute atomic E-state index is 0.0803. The number of benzene rings is 2. The van der Waals surface area contributed by atoms with Crippen molar-refractivity contribution in [2.45, 2.75) is 40.0 Å². The molecule has 4 rings (SSSR count). The third kappa shape index (κ3) is 6.15. The maximum atomic E-state index is 15.1. The van der Waals surface area contributed by atoms with Crippen LogP contribution in [0.5, 0.6) is 23.3 Å². The Balaban J connectivity index is 1.66. The normalized spacial score (nSPS) is 15.4. The predicted octanol–water partition coefficient (Wildman–Crippen LogP) is 6.14. The standard InChI is InChI=1S/C27H27F4N3O4/c1-15-8-9-19(16(2)10-15)20(28)12-32-23(35)21-22-25(37-14-26(3,4)13-36-22)34-33-24(21)38-18-7-5-6-17(11-18)27(29,30)31/h5-11,20H,12-14H2,1-4H3,(H,32,35)/t20-/m0/s1. The molecule has 11 heteroatoms. The van der Waals surface area contributed by atoms with E-state index in [1.165, 1.54) is 6.07 Å². The van der Waals surface area contributed by atoms with E-state index in [1.807, 2.05) is 26.8 Å². The molecule has 0 spiro atoms. The zero-order valence-corrected chi connectivity index (χ0v) is 21.3. The molecule has 0 bridgehead atoms. The Labute approximate surface area is 217 Å². The van der Waals surface area contributed by atoms with Crippen LogP contribution < -0.4 is 19.5 Å². The molecular formula is C27H27F4N3O4. The average molecular weight is 534 g/mol. The first-order valence-corrected chi connectivity index (χ1v) is 11.8. The Bertz CT molecular complexity index is 1340. The lowest BCUT2D eigenvalue weighted by atomic mass is 9.97. The topological polar surface area (TPSA) is 82.6 Å². The van der Waals surface area contributed by atoms with Crippen molar-refractivity contribution in [3.63, 3.8) is 0 Å². The molecule has 3 aromatic rings. The van der Waals surface area contributed by atoms with Gasteiger partial charge in [0, 0.05) is 5.41 Å². The van der Waals surface area contributed by atoms with Crippen LogP contribution in [0.3, 0.4) is 0 Å². The fourth-order valence-corrected chi connectivity index (χ4v) is 3.87. The molecule has 1 aromatic heterocycles. The number of hydrogen-bond donors (Lipinski definition) is 1. The molecule has 0 saturated heterocycles. The average Bonchev–Trinajstić information content (AvgIpc) is 3.00. The van der Waals surface area contributed by atoms with Gasteiger partial charge in [-0.05, 0) is 43.2 Å². The molecule has 7 nitrogen and oxygen atoms in total. The summed E-state index contributed by atoms with van der Waals surface area (Å²) in [6, 6.07) is 9.37. The Morgan fingerprint density at radius 2 is 1.84 bits per heavy atom. The molecule has 38 heavy (non-hydrogen) atoms. The number of fused-ring (bicyclic) bond motifs is 1. The predicted molar refractivity (Wildman–Crippen MR) is 130 cm³/mol. The molecular weight excluding hydrogens is 506 g/mol. The number of hydrogen-bond acceptors (Lipinski definition) is 6. The van der Waals surface area contributed by atoms with Gasteiger partial charge in [0.1, 0.15) is 11.9 Å². The van der Waals surface area contributed by atoms with E-state index in [4.69, 9.17) is 14.2 Å². The summed E-state index contributed by atoms with van der Waals surface area (Å²) in [5.41, 5.74) is 0.480. The minimum Gasteiger partial charge on any atom is -0.486 e. The monoisotopic (exact) mass is 533 g/mol. The highest BCUT2D eigenvalue weighted by atomic mass is 19.4. The maximum Gasteiger partial charge on any atom is 0.416 e. The Morgan fingerprint density at radius 3 is 2.55 bits per heavy atom. The molecule has 2 heterocycles. The zero-order valence-electron chi connectivity index (χ0n) is 21.3. The number of halogens is 4. The molecule has 1 amide bonds. The van der Waals surface area contributed by atoms with Crippen LogP contribution in [0.2, 0.25) is 0 Å². The smallest absolute Gasteiger partial charge is 0.416 e. The van der Waals surface area contributed by atoms with Crippen LogP contribution >= 0.6 is 0 Å². The van der Waals surface area contributed by atoms with E-state index in [9.17, 15) is 18.0 Å². The van der Waals surface area contributed by atoms with Crippen molar-refractivity contribution in [3.8, 4) is 23.3 Å². The maximum absolute atomic E-state index is 15.1. The van der Waals surface area contributed by atoms with Gasteiger partial charge in [0.05, 0.1) is 25.3 Å². The van der Waals surface area contributed by atoms with Crippen molar-refractivity contribution in [2.75, 3.05) is 19.8 Å². The number of nitrogens with one attached hydrogen (secondary N) is 1. The number of aromatic nitrogens is 2. The summed E-state index contributed by atoms with van der Waals surface area (Å²) in [4.78, 5) is 13.4. The molecule has 0 aliphatic carbocycles. The number of carbonyl (C=O) groups excluding carboxylic acids is 1. The van der Waals surface area contributed by atoms with E-state index in [0.29, 0.717) is 5.56 Å². The van der Waals surface area contributed by atoms with E-state index in [2.05, 4.69) is 15.5 Å². The van der Waals surface area contributed by atoms with E-state index in [1.54, 1.807) is 19.1 Å². The highest BCUT2D eigenvalue weighted by Crippen LogP contribution is 2.40. The lowest BCUT2D eigenvalue weighted by molar-refractivity contribution is -0.137. The number of rotatable bonds is 6. The van der Waals surface area contributed by atoms with Gasteiger partial charge in [-0.25, -0.2) is 4.39 Å². The van der Waals surface area contributed by atoms with Crippen LogP contribution in [0.25, 0.3) is 0 Å². The van der Waals surface area contributed by atoms with Crippen LogP contribution in [0.4, 0.5) is 17.6 Å². The number of aryl methyl sites for hydroxylation is 2. The van der Waals surface area contributed by atoms with Gasteiger partial charge in [0.25, 0.3) is 17.7 Å². The van der Waals surface area contributed by atoms with Gasteiger partial charge >= 0.3 is 6.18 Å². The summed E-state index contributed by atoms with van der Waals surface area (Å²) < 4.78 is 71.8. The molecule has 0 saturated carbocycles. The minimum atomic E-state index is -4.61. The third-order valence-electron chi connectivity index (χ3n) is 5.88. The van der Waals surface area contributed by atoms with Crippen molar-refractivity contribution in [1.29, 1.82) is 0 Å². The van der Waals surface area contributed by atoms with Gasteiger partial charge in [-0.15, -0.1) is 10.2 Å². The lowest BCUT2D eigenvalue weighted by Crippen LogP contribution is -2.29. The summed E-state index contributed by atoms with van der Waals surface area (Å²) in [6.07, 6.45) is -6.12. The fraction of sp³-hybridized carbons (Fsp3) is 0.370. The number of alkyl halides is 4. The lowest BCUT2D eigenvalue weighted by Gasteiger charge is -2.20. The van der Waals surface area contributed by atoms with Gasteiger partial charge in [-0.3, -0.25) is 4.79 Å². The van der Waals surface area contributed by atoms with Crippen LogP contribution in [-0.2, 0) is 6.18 Å². The summed E-state index contributed by atoms with van der Waals surface area (Å²) in [5.74, 6) is -1.62. The Kier molecular flexibility index (Phi) is 7.48. The summed E-state index contributed by atoms with van der Waals surface area (Å²) >= 11 is 0. The number of amides is 1. The highest BCUT2D eigenvalue weighted by molar-refractivity contribution is 5.99. The summed E-state index contributed by atoms with van der Waals surface area (Å²) in [5, 5.41) is 10.3. The van der Waals surface area contributed by atoms with Gasteiger partial charge in [0.15, 0.2) is 5.56 Å². The van der Waals surface area contributed by atoms with Gasteiger partial charge in [-0.1, -0.05) is 43.7 Å². The van der Waals surface area contributed by atoms with E-state index in [0.717, 1.165) is 29.3 Å². The van der Waals surface area contributed by atoms with E-state index in [-0.39, 0.29) is 42.7 Å². The number of carbonyl (C=O) groups is 1. The third-order valence-corrected chi connectivity index (χ3v) is 5.88. The first-order valence-electron chi connectivity index (χ1n) is 11.8. The van der Waals surface area contributed by atoms with Crippen LogP contribution in [0, 0.1) is 19.3 Å². The van der Waals surface area contributed by atoms with E-state index < -0.39 is 35.1 Å². The number of nitrogens with zero attached hydrogens (tertiary/aromatic N) is 2. The van der Waals surface area contributed by atoms with Crippen molar-refractivity contribution in [2.24, 2.45) is 5.41 Å². The molecule has 1 N–H and O–H groups in total. The van der Waals surface area contributed by atoms with Crippen LogP contribution in [0.1, 0.15) is 52.6 Å². The Hall–Kier alpha value is -3.89. The van der Waals surface area contributed by atoms with Gasteiger partial charge in [-0.2, -0.15) is 13.2 Å². The molecule has 0 fully saturated rings. The molecule has 1 atom stereocenters. The zero-order chi connectivity index (χ0) is 27.7. The highest BCUT2D eigenvalue weighted by Gasteiger charge is 2.34. The fourth-order valence-electron chi connectivity index (χ4n) is 3.87. The second-order valence-electron chi connectivity index (χ2n) is 9.92. The molecule has 0 radical (unpaired) electrons. The molecule has 1 aliphatic heterocycles. The quantitative estimate of drug-likeness (QED) is 0.383. The first-order chi connectivity index (χ1) is 17.8. The molecule has 2 aromatic carbocycles. The van der Waals surface area contributed by atoms with Crippen molar-refractivity contribution in [1.82, 2.24) is 15.5 Å². The van der Waals surface area contributed by atoms with Gasteiger partial charge in [0.2, 0.25) is 5.75 Å². The van der Waals surface area contributed by atoms with Crippen LogP contribution in [-0.4, -0.2) is 35.9 Å². The first kappa shape index (κ1) is 27.2. The molecule has 1 aliphatic rings. The van der Waals surface area contributed by atoms with E-state index >= 15 is 4.39 Å². The second kappa shape index (κ2) is 10.5. The largest absolute Gasteiger partial charge is 0.486 e. The molecule has 202 valence electrons. The summed E-state index contributed by atoms with van der Waals surface area (Å²) in [6.45, 7) is 7.40. The SMILES string of the molecule is Cc1ccc([C@@H](F)CNC(=O)c2c(Oc3cccc(C(F)(F)F)c3)nnc3c2OCC(C)(C)CO3)c(C)c1. The van der Waals surface area contributed by atoms with Crippen molar-refractivity contribution in [3.05, 3.63) is 70.3 Å². The number of ether oxygens (including phenoxy) is 3. The summed E-state index contributed by atoms with van der Waals surface area (Å²) in [7, 11) is 0.